The highest BCUT2D eigenvalue weighted by Crippen LogP contribution is 2.41. The highest BCUT2D eigenvalue weighted by atomic mass is 16.5. The van der Waals surface area contributed by atoms with Gasteiger partial charge in [-0.1, -0.05) is 43.0 Å². The van der Waals surface area contributed by atoms with Gasteiger partial charge in [0.25, 0.3) is 0 Å². The van der Waals surface area contributed by atoms with E-state index in [0.717, 1.165) is 22.4 Å². The lowest BCUT2D eigenvalue weighted by atomic mass is 9.90. The maximum absolute atomic E-state index is 12.2. The number of ketones is 1. The summed E-state index contributed by atoms with van der Waals surface area (Å²) in [6.07, 6.45) is 0. The standard InChI is InChI=1S/C17H14O2/c1-11-16(12-7-9-13(19-2)10-8-12)14-5-3-4-6-15(14)17(11)18/h3-10,16H,1H2,2H3/t16-/m0/s1. The Morgan fingerprint density at radius 1 is 1.05 bits per heavy atom. The first-order valence-electron chi connectivity index (χ1n) is 6.18. The lowest BCUT2D eigenvalue weighted by molar-refractivity contribution is 0.103. The SMILES string of the molecule is C=C1C(=O)c2ccccc2[C@@H]1c1ccc(OC)cc1. The first-order chi connectivity index (χ1) is 9.22. The van der Waals surface area contributed by atoms with Gasteiger partial charge in [0.15, 0.2) is 5.78 Å². The molecule has 0 N–H and O–H groups in total. The number of Topliss-reactive ketones (excluding diaryl/α,β-unsaturated/α-hetero) is 1. The molecule has 19 heavy (non-hydrogen) atoms. The van der Waals surface area contributed by atoms with Crippen LogP contribution in [0.2, 0.25) is 0 Å². The lowest BCUT2D eigenvalue weighted by Gasteiger charge is -2.13. The van der Waals surface area contributed by atoms with Crippen molar-refractivity contribution in [1.82, 2.24) is 0 Å². The first kappa shape index (κ1) is 11.7. The third-order valence-corrected chi connectivity index (χ3v) is 3.61. The second kappa shape index (κ2) is 4.39. The van der Waals surface area contributed by atoms with Crippen LogP contribution in [0.25, 0.3) is 0 Å². The molecule has 0 spiro atoms. The molecule has 1 aliphatic carbocycles. The molecule has 2 aromatic rings. The summed E-state index contributed by atoms with van der Waals surface area (Å²) in [5.74, 6) is 0.831. The summed E-state index contributed by atoms with van der Waals surface area (Å²) in [5, 5.41) is 0. The number of methoxy groups -OCH3 is 1. The number of fused-ring (bicyclic) bond motifs is 1. The molecule has 1 aliphatic rings. The summed E-state index contributed by atoms with van der Waals surface area (Å²) >= 11 is 0. The van der Waals surface area contributed by atoms with E-state index in [9.17, 15) is 4.79 Å². The molecular weight excluding hydrogens is 236 g/mol. The Balaban J connectivity index is 2.09. The second-order valence-electron chi connectivity index (χ2n) is 4.65. The topological polar surface area (TPSA) is 26.3 Å². The average molecular weight is 250 g/mol. The maximum atomic E-state index is 12.2. The van der Waals surface area contributed by atoms with Crippen LogP contribution in [0.15, 0.2) is 60.7 Å². The molecule has 0 radical (unpaired) electrons. The Morgan fingerprint density at radius 3 is 2.42 bits per heavy atom. The van der Waals surface area contributed by atoms with Gasteiger partial charge in [0, 0.05) is 17.1 Å². The van der Waals surface area contributed by atoms with Gasteiger partial charge in [0.05, 0.1) is 7.11 Å². The number of carbonyl (C=O) groups is 1. The Hall–Kier alpha value is -2.35. The number of benzene rings is 2. The van der Waals surface area contributed by atoms with E-state index in [1.165, 1.54) is 0 Å². The fraction of sp³-hybridized carbons (Fsp3) is 0.118. The molecule has 0 bridgehead atoms. The number of rotatable bonds is 2. The molecule has 0 saturated carbocycles. The molecule has 3 rings (SSSR count). The minimum absolute atomic E-state index is 0.0328. The largest absolute Gasteiger partial charge is 0.497 e. The van der Waals surface area contributed by atoms with Crippen LogP contribution in [0.4, 0.5) is 0 Å². The van der Waals surface area contributed by atoms with Gasteiger partial charge in [-0.2, -0.15) is 0 Å². The molecular formula is C17H14O2. The molecule has 0 heterocycles. The smallest absolute Gasteiger partial charge is 0.189 e. The van der Waals surface area contributed by atoms with Crippen LogP contribution in [0, 0.1) is 0 Å². The normalized spacial score (nSPS) is 17.4. The molecule has 94 valence electrons. The van der Waals surface area contributed by atoms with Gasteiger partial charge in [0.1, 0.15) is 5.75 Å². The van der Waals surface area contributed by atoms with E-state index in [1.807, 2.05) is 48.5 Å². The van der Waals surface area contributed by atoms with Crippen molar-refractivity contribution in [2.75, 3.05) is 7.11 Å². The second-order valence-corrected chi connectivity index (χ2v) is 4.65. The van der Waals surface area contributed by atoms with Crippen LogP contribution < -0.4 is 4.74 Å². The zero-order valence-electron chi connectivity index (χ0n) is 10.7. The van der Waals surface area contributed by atoms with Crippen LogP contribution in [0.5, 0.6) is 5.75 Å². The molecule has 0 aromatic heterocycles. The van der Waals surface area contributed by atoms with Crippen molar-refractivity contribution in [2.45, 2.75) is 5.92 Å². The minimum atomic E-state index is -0.0328. The molecule has 0 aliphatic heterocycles. The summed E-state index contributed by atoms with van der Waals surface area (Å²) < 4.78 is 5.16. The van der Waals surface area contributed by atoms with Gasteiger partial charge in [-0.3, -0.25) is 4.79 Å². The van der Waals surface area contributed by atoms with Crippen LogP contribution >= 0.6 is 0 Å². The van der Waals surface area contributed by atoms with Gasteiger partial charge in [0.2, 0.25) is 0 Å². The summed E-state index contributed by atoms with van der Waals surface area (Å²) in [4.78, 5) is 12.2. The zero-order valence-corrected chi connectivity index (χ0v) is 10.7. The van der Waals surface area contributed by atoms with Gasteiger partial charge < -0.3 is 4.74 Å². The molecule has 1 atom stereocenters. The van der Waals surface area contributed by atoms with Crippen molar-refractivity contribution < 1.29 is 9.53 Å². The number of hydrogen-bond acceptors (Lipinski definition) is 2. The summed E-state index contributed by atoms with van der Waals surface area (Å²) in [5.41, 5.74) is 3.53. The minimum Gasteiger partial charge on any atom is -0.497 e. The first-order valence-corrected chi connectivity index (χ1v) is 6.18. The van der Waals surface area contributed by atoms with Crippen molar-refractivity contribution >= 4 is 5.78 Å². The Kier molecular flexibility index (Phi) is 2.71. The molecule has 0 amide bonds. The van der Waals surface area contributed by atoms with Crippen LogP contribution in [-0.4, -0.2) is 12.9 Å². The van der Waals surface area contributed by atoms with Gasteiger partial charge in [-0.15, -0.1) is 0 Å². The number of carbonyl (C=O) groups excluding carboxylic acids is 1. The molecule has 2 nitrogen and oxygen atoms in total. The highest BCUT2D eigenvalue weighted by molar-refractivity contribution is 6.14. The third-order valence-electron chi connectivity index (χ3n) is 3.61. The van der Waals surface area contributed by atoms with Crippen molar-refractivity contribution in [1.29, 1.82) is 0 Å². The van der Waals surface area contributed by atoms with Crippen molar-refractivity contribution in [3.05, 3.63) is 77.4 Å². The fourth-order valence-electron chi connectivity index (χ4n) is 2.62. The summed E-state index contributed by atoms with van der Waals surface area (Å²) in [6.45, 7) is 3.97. The summed E-state index contributed by atoms with van der Waals surface area (Å²) in [6, 6.07) is 15.5. The lowest BCUT2D eigenvalue weighted by Crippen LogP contribution is -2.00. The highest BCUT2D eigenvalue weighted by Gasteiger charge is 2.33. The monoisotopic (exact) mass is 250 g/mol. The van der Waals surface area contributed by atoms with Crippen LogP contribution in [0.1, 0.15) is 27.4 Å². The van der Waals surface area contributed by atoms with Crippen molar-refractivity contribution in [3.8, 4) is 5.75 Å². The van der Waals surface area contributed by atoms with Gasteiger partial charge >= 0.3 is 0 Å². The maximum Gasteiger partial charge on any atom is 0.189 e. The van der Waals surface area contributed by atoms with E-state index in [1.54, 1.807) is 7.11 Å². The zero-order chi connectivity index (χ0) is 13.4. The predicted octanol–water partition coefficient (Wildman–Crippen LogP) is 3.58. The molecule has 2 aromatic carbocycles. The van der Waals surface area contributed by atoms with Crippen LogP contribution in [-0.2, 0) is 0 Å². The van der Waals surface area contributed by atoms with E-state index in [2.05, 4.69) is 6.58 Å². The molecule has 2 heteroatoms. The molecule has 0 unspecified atom stereocenters. The average Bonchev–Trinajstić information content (AvgIpc) is 2.72. The van der Waals surface area contributed by atoms with Gasteiger partial charge in [-0.25, -0.2) is 0 Å². The van der Waals surface area contributed by atoms with E-state index in [4.69, 9.17) is 4.74 Å². The molecule has 0 saturated heterocycles. The Labute approximate surface area is 112 Å². The molecule has 0 fully saturated rings. The van der Waals surface area contributed by atoms with Crippen LogP contribution in [0.3, 0.4) is 0 Å². The number of ether oxygens (including phenoxy) is 1. The van der Waals surface area contributed by atoms with E-state index in [0.29, 0.717) is 5.57 Å². The quantitative estimate of drug-likeness (QED) is 0.761. The third kappa shape index (κ3) is 1.76. The van der Waals surface area contributed by atoms with E-state index >= 15 is 0 Å². The van der Waals surface area contributed by atoms with Crippen molar-refractivity contribution in [3.63, 3.8) is 0 Å². The summed E-state index contributed by atoms with van der Waals surface area (Å²) in [7, 11) is 1.64. The van der Waals surface area contributed by atoms with Gasteiger partial charge in [-0.05, 0) is 23.3 Å². The fourth-order valence-corrected chi connectivity index (χ4v) is 2.62. The Morgan fingerprint density at radius 2 is 1.74 bits per heavy atom. The van der Waals surface area contributed by atoms with E-state index in [-0.39, 0.29) is 11.7 Å². The number of allylic oxidation sites excluding steroid dienone is 1. The predicted molar refractivity (Wildman–Crippen MR) is 74.7 cm³/mol. The van der Waals surface area contributed by atoms with E-state index < -0.39 is 0 Å². The Bertz CT molecular complexity index is 653. The van der Waals surface area contributed by atoms with Crippen molar-refractivity contribution in [2.24, 2.45) is 0 Å². The number of hydrogen-bond donors (Lipinski definition) is 0.